The topological polar surface area (TPSA) is 44.8 Å². The van der Waals surface area contributed by atoms with Crippen molar-refractivity contribution in [1.82, 2.24) is 0 Å². The van der Waals surface area contributed by atoms with Crippen LogP contribution in [-0.4, -0.2) is 42.7 Å². The molecule has 0 aliphatic heterocycles. The van der Waals surface area contributed by atoms with Gasteiger partial charge in [0.15, 0.2) is 24.4 Å². The van der Waals surface area contributed by atoms with Gasteiger partial charge in [-0.1, -0.05) is 64.7 Å². The van der Waals surface area contributed by atoms with E-state index in [1.165, 1.54) is 0 Å². The van der Waals surface area contributed by atoms with Crippen molar-refractivity contribution >= 4 is 47.6 Å². The molecule has 0 saturated carbocycles. The molecule has 0 aliphatic rings. The molecule has 0 aromatic heterocycles. The molecular weight excluding hydrogens is 455 g/mol. The summed E-state index contributed by atoms with van der Waals surface area (Å²) in [7, 11) is -2.80. The van der Waals surface area contributed by atoms with Gasteiger partial charge >= 0.3 is 0 Å². The van der Waals surface area contributed by atoms with Gasteiger partial charge in [0.05, 0.1) is 27.8 Å². The van der Waals surface area contributed by atoms with Crippen molar-refractivity contribution < 1.29 is 18.4 Å². The number of carbonyl (C=O) groups excluding carboxylic acids is 1. The van der Waals surface area contributed by atoms with Crippen molar-refractivity contribution in [3.05, 3.63) is 27.7 Å². The van der Waals surface area contributed by atoms with E-state index in [0.717, 1.165) is 0 Å². The molecule has 30 heavy (non-hydrogen) atoms. The minimum Gasteiger partial charge on any atom is -0.485 e. The number of aldehydes is 1. The first-order valence-corrected chi connectivity index (χ1v) is 15.2. The summed E-state index contributed by atoms with van der Waals surface area (Å²) in [6, 6.07) is 3.24. The summed E-state index contributed by atoms with van der Waals surface area (Å²) >= 11 is 12.4. The molecule has 0 N–H and O–H groups in total. The molecule has 0 aliphatic carbocycles. The molecule has 1 aromatic carbocycles. The van der Waals surface area contributed by atoms with E-state index in [1.54, 1.807) is 12.1 Å². The Bertz CT molecular complexity index is 715. The molecule has 1 rings (SSSR count). The van der Waals surface area contributed by atoms with Crippen LogP contribution in [0.4, 0.5) is 0 Å². The highest BCUT2D eigenvalue weighted by atomic mass is 35.5. The lowest BCUT2D eigenvalue weighted by Crippen LogP contribution is -2.51. The zero-order valence-corrected chi connectivity index (χ0v) is 24.0. The third-order valence-electron chi connectivity index (χ3n) is 5.50. The summed E-state index contributed by atoms with van der Waals surface area (Å²) in [6.45, 7) is 22.1. The molecule has 0 amide bonds. The summed E-state index contributed by atoms with van der Waals surface area (Å²) in [5.41, 5.74) is -0.306. The third-order valence-corrected chi connectivity index (χ3v) is 12.4. The van der Waals surface area contributed by atoms with E-state index >= 15 is 0 Å². The third kappa shape index (κ3) is 7.95. The molecule has 0 heterocycles. The van der Waals surface area contributed by atoms with E-state index in [2.05, 4.69) is 54.6 Å². The van der Waals surface area contributed by atoms with Gasteiger partial charge in [-0.25, -0.2) is 0 Å². The Labute approximate surface area is 196 Å². The number of rotatable bonds is 9. The van der Waals surface area contributed by atoms with Crippen LogP contribution < -0.4 is 4.74 Å². The Hall–Kier alpha value is -0.376. The maximum atomic E-state index is 11.2. The predicted octanol–water partition coefficient (Wildman–Crippen LogP) is 6.67. The van der Waals surface area contributed by atoms with Gasteiger partial charge in [0.25, 0.3) is 0 Å². The van der Waals surface area contributed by atoms with Crippen LogP contribution in [-0.2, 0) is 8.85 Å². The van der Waals surface area contributed by atoms with Gasteiger partial charge in [0.2, 0.25) is 0 Å². The monoisotopic (exact) mass is 492 g/mol. The summed E-state index contributed by atoms with van der Waals surface area (Å²) < 4.78 is 19.2. The van der Waals surface area contributed by atoms with E-state index in [-0.39, 0.29) is 31.8 Å². The van der Waals surface area contributed by atoms with E-state index in [4.69, 9.17) is 36.8 Å². The smallest absolute Gasteiger partial charge is 0.192 e. The molecule has 1 aromatic rings. The Morgan fingerprint density at radius 3 is 1.93 bits per heavy atom. The summed E-state index contributed by atoms with van der Waals surface area (Å²) in [5.74, 6) is 0.494. The van der Waals surface area contributed by atoms with E-state index < -0.39 is 23.7 Å². The molecule has 1 unspecified atom stereocenters. The zero-order chi connectivity index (χ0) is 23.5. The van der Waals surface area contributed by atoms with Crippen LogP contribution >= 0.6 is 23.2 Å². The van der Waals surface area contributed by atoms with Gasteiger partial charge in [-0.15, -0.1) is 0 Å². The predicted molar refractivity (Wildman–Crippen MR) is 133 cm³/mol. The second-order valence-electron chi connectivity index (χ2n) is 11.0. The lowest BCUT2D eigenvalue weighted by atomic mass is 10.0. The number of hydrogen-bond acceptors (Lipinski definition) is 4. The van der Waals surface area contributed by atoms with Crippen LogP contribution in [0.25, 0.3) is 0 Å². The number of benzene rings is 1. The maximum Gasteiger partial charge on any atom is 0.192 e. The summed E-state index contributed by atoms with van der Waals surface area (Å²) in [6.07, 6.45) is 0.282. The van der Waals surface area contributed by atoms with E-state index in [1.807, 2.05) is 13.8 Å². The fourth-order valence-electron chi connectivity index (χ4n) is 2.28. The van der Waals surface area contributed by atoms with Crippen LogP contribution in [0.2, 0.25) is 33.2 Å². The Balaban J connectivity index is 3.18. The SMILES string of the molecule is CC(C)(C)[SiH2]OC(C)(C)C(CO[Si](C)(C)C(C)(C)C)Oc1cc(Cl)c(C=O)c(Cl)c1. The summed E-state index contributed by atoms with van der Waals surface area (Å²) in [4.78, 5) is 11.2. The van der Waals surface area contributed by atoms with E-state index in [0.29, 0.717) is 18.6 Å². The molecule has 8 heteroatoms. The van der Waals surface area contributed by atoms with Crippen LogP contribution in [0.15, 0.2) is 12.1 Å². The van der Waals surface area contributed by atoms with Gasteiger partial charge in [-0.3, -0.25) is 4.79 Å². The average Bonchev–Trinajstić information content (AvgIpc) is 2.55. The molecule has 0 saturated heterocycles. The van der Waals surface area contributed by atoms with Crippen molar-refractivity contribution in [3.63, 3.8) is 0 Å². The van der Waals surface area contributed by atoms with Crippen LogP contribution in [0, 0.1) is 0 Å². The molecule has 172 valence electrons. The number of ether oxygens (including phenoxy) is 1. The summed E-state index contributed by atoms with van der Waals surface area (Å²) in [5, 5.41) is 0.764. The Kier molecular flexibility index (Phi) is 9.26. The zero-order valence-electron chi connectivity index (χ0n) is 20.1. The minimum atomic E-state index is -1.98. The van der Waals surface area contributed by atoms with Crippen LogP contribution in [0.5, 0.6) is 5.75 Å². The van der Waals surface area contributed by atoms with Gasteiger partial charge < -0.3 is 13.6 Å². The average molecular weight is 494 g/mol. The fourth-order valence-corrected chi connectivity index (χ4v) is 4.83. The lowest BCUT2D eigenvalue weighted by Gasteiger charge is -2.41. The highest BCUT2D eigenvalue weighted by molar-refractivity contribution is 6.74. The molecule has 0 radical (unpaired) electrons. The maximum absolute atomic E-state index is 11.2. The standard InChI is InChI=1S/C22H38Cl2O4Si2/c1-20(2,3)29-28-22(7,8)19(14-26-30(9,10)21(4,5)6)27-15-11-17(23)16(13-25)18(24)12-15/h11-13,19H,14,29H2,1-10H3. The first kappa shape index (κ1) is 27.7. The highest BCUT2D eigenvalue weighted by Crippen LogP contribution is 2.38. The van der Waals surface area contributed by atoms with Crippen molar-refractivity contribution in [1.29, 1.82) is 0 Å². The van der Waals surface area contributed by atoms with Gasteiger partial charge in [-0.2, -0.15) is 0 Å². The van der Waals surface area contributed by atoms with Crippen molar-refractivity contribution in [2.75, 3.05) is 6.61 Å². The van der Waals surface area contributed by atoms with Crippen molar-refractivity contribution in [2.45, 2.75) is 90.3 Å². The first-order chi connectivity index (χ1) is 13.4. The largest absolute Gasteiger partial charge is 0.485 e. The van der Waals surface area contributed by atoms with Gasteiger partial charge in [-0.05, 0) is 49.2 Å². The normalized spacial score (nSPS) is 14.9. The molecule has 1 atom stereocenters. The van der Waals surface area contributed by atoms with Crippen molar-refractivity contribution in [3.8, 4) is 5.75 Å². The van der Waals surface area contributed by atoms with Gasteiger partial charge in [0.1, 0.15) is 11.9 Å². The number of carbonyl (C=O) groups is 1. The Morgan fingerprint density at radius 2 is 1.53 bits per heavy atom. The molecule has 0 bridgehead atoms. The van der Waals surface area contributed by atoms with Crippen LogP contribution in [0.1, 0.15) is 65.7 Å². The van der Waals surface area contributed by atoms with Crippen LogP contribution in [0.3, 0.4) is 0 Å². The van der Waals surface area contributed by atoms with E-state index in [9.17, 15) is 4.79 Å². The molecular formula is C22H38Cl2O4Si2. The van der Waals surface area contributed by atoms with Crippen molar-refractivity contribution in [2.24, 2.45) is 0 Å². The highest BCUT2D eigenvalue weighted by Gasteiger charge is 2.41. The Morgan fingerprint density at radius 1 is 1.03 bits per heavy atom. The fraction of sp³-hybridized carbons (Fsp3) is 0.682. The van der Waals surface area contributed by atoms with Gasteiger partial charge in [0, 0.05) is 0 Å². The number of hydrogen-bond donors (Lipinski definition) is 0. The second-order valence-corrected chi connectivity index (χ2v) is 19.4. The molecule has 4 nitrogen and oxygen atoms in total. The first-order valence-electron chi connectivity index (χ1n) is 10.3. The lowest BCUT2D eigenvalue weighted by molar-refractivity contribution is -0.0378. The quantitative estimate of drug-likeness (QED) is 0.285. The second kappa shape index (κ2) is 10.0. The molecule has 0 fully saturated rings. The molecule has 0 spiro atoms. The minimum absolute atomic E-state index is 0.0843. The number of halogens is 2.